The van der Waals surface area contributed by atoms with Crippen LogP contribution in [0, 0.1) is 0 Å². The number of aliphatic carboxylic acids is 1. The van der Waals surface area contributed by atoms with Gasteiger partial charge in [0.1, 0.15) is 11.3 Å². The van der Waals surface area contributed by atoms with Crippen molar-refractivity contribution in [2.75, 3.05) is 0 Å². The SMILES string of the molecule is CC(C)OC(=O)c1ccc2oc(CCC(=O)O)cc2c1. The van der Waals surface area contributed by atoms with Crippen LogP contribution in [0.3, 0.4) is 0 Å². The van der Waals surface area contributed by atoms with Crippen LogP contribution in [-0.2, 0) is 16.0 Å². The molecule has 0 aliphatic rings. The third kappa shape index (κ3) is 3.38. The lowest BCUT2D eigenvalue weighted by Gasteiger charge is -2.07. The summed E-state index contributed by atoms with van der Waals surface area (Å²) in [4.78, 5) is 22.3. The van der Waals surface area contributed by atoms with Gasteiger partial charge in [0, 0.05) is 11.8 Å². The van der Waals surface area contributed by atoms with Crippen molar-refractivity contribution in [3.05, 3.63) is 35.6 Å². The third-order valence-corrected chi connectivity index (χ3v) is 2.73. The molecule has 1 aromatic heterocycles. The number of carboxylic acid groups (broad SMARTS) is 1. The van der Waals surface area contributed by atoms with Crippen LogP contribution in [0.15, 0.2) is 28.7 Å². The highest BCUT2D eigenvalue weighted by Gasteiger charge is 2.12. The van der Waals surface area contributed by atoms with E-state index in [0.29, 0.717) is 23.3 Å². The molecular formula is C15H16O5. The maximum Gasteiger partial charge on any atom is 0.338 e. The molecule has 106 valence electrons. The second-order valence-corrected chi connectivity index (χ2v) is 4.81. The minimum Gasteiger partial charge on any atom is -0.481 e. The van der Waals surface area contributed by atoms with Gasteiger partial charge in [-0.3, -0.25) is 4.79 Å². The highest BCUT2D eigenvalue weighted by Crippen LogP contribution is 2.22. The normalized spacial score (nSPS) is 10.9. The molecule has 1 N–H and O–H groups in total. The lowest BCUT2D eigenvalue weighted by atomic mass is 10.1. The number of benzene rings is 1. The molecule has 0 atom stereocenters. The average Bonchev–Trinajstić information content (AvgIpc) is 2.77. The van der Waals surface area contributed by atoms with Crippen LogP contribution in [0.4, 0.5) is 0 Å². The van der Waals surface area contributed by atoms with Crippen molar-refractivity contribution in [2.45, 2.75) is 32.8 Å². The van der Waals surface area contributed by atoms with Crippen molar-refractivity contribution in [3.63, 3.8) is 0 Å². The minimum atomic E-state index is -0.869. The number of carbonyl (C=O) groups excluding carboxylic acids is 1. The predicted molar refractivity (Wildman–Crippen MR) is 72.7 cm³/mol. The number of ether oxygens (including phenoxy) is 1. The molecule has 0 amide bonds. The first-order chi connectivity index (χ1) is 9.45. The highest BCUT2D eigenvalue weighted by atomic mass is 16.5. The Kier molecular flexibility index (Phi) is 4.08. The van der Waals surface area contributed by atoms with E-state index in [9.17, 15) is 9.59 Å². The Morgan fingerprint density at radius 1 is 1.30 bits per heavy atom. The third-order valence-electron chi connectivity index (χ3n) is 2.73. The van der Waals surface area contributed by atoms with Crippen molar-refractivity contribution >= 4 is 22.9 Å². The van der Waals surface area contributed by atoms with E-state index >= 15 is 0 Å². The monoisotopic (exact) mass is 276 g/mol. The molecule has 0 aliphatic heterocycles. The first-order valence-electron chi connectivity index (χ1n) is 6.41. The summed E-state index contributed by atoms with van der Waals surface area (Å²) < 4.78 is 10.6. The first kappa shape index (κ1) is 14.1. The van der Waals surface area contributed by atoms with Gasteiger partial charge in [-0.2, -0.15) is 0 Å². The number of aryl methyl sites for hydroxylation is 1. The van der Waals surface area contributed by atoms with Gasteiger partial charge in [-0.15, -0.1) is 0 Å². The Hall–Kier alpha value is -2.30. The largest absolute Gasteiger partial charge is 0.481 e. The quantitative estimate of drug-likeness (QED) is 0.849. The zero-order valence-corrected chi connectivity index (χ0v) is 11.4. The Morgan fingerprint density at radius 3 is 2.70 bits per heavy atom. The number of fused-ring (bicyclic) bond motifs is 1. The summed E-state index contributed by atoms with van der Waals surface area (Å²) in [6.45, 7) is 3.58. The van der Waals surface area contributed by atoms with Crippen molar-refractivity contribution in [3.8, 4) is 0 Å². The number of hydrogen-bond donors (Lipinski definition) is 1. The topological polar surface area (TPSA) is 76.7 Å². The second kappa shape index (κ2) is 5.77. The average molecular weight is 276 g/mol. The molecule has 0 saturated heterocycles. The van der Waals surface area contributed by atoms with Gasteiger partial charge in [0.05, 0.1) is 18.1 Å². The van der Waals surface area contributed by atoms with Gasteiger partial charge in [0.25, 0.3) is 0 Å². The Morgan fingerprint density at radius 2 is 2.05 bits per heavy atom. The molecule has 0 spiro atoms. The molecule has 0 aliphatic carbocycles. The maximum atomic E-state index is 11.8. The maximum absolute atomic E-state index is 11.8. The molecule has 2 rings (SSSR count). The molecule has 0 radical (unpaired) electrons. The molecule has 0 unspecified atom stereocenters. The summed E-state index contributed by atoms with van der Waals surface area (Å²) in [5.74, 6) is -0.654. The van der Waals surface area contributed by atoms with E-state index in [2.05, 4.69) is 0 Å². The molecular weight excluding hydrogens is 260 g/mol. The summed E-state index contributed by atoms with van der Waals surface area (Å²) in [5, 5.41) is 9.41. The van der Waals surface area contributed by atoms with Gasteiger partial charge in [-0.1, -0.05) is 0 Å². The summed E-state index contributed by atoms with van der Waals surface area (Å²) >= 11 is 0. The lowest BCUT2D eigenvalue weighted by Crippen LogP contribution is -2.11. The van der Waals surface area contributed by atoms with E-state index in [1.165, 1.54) is 0 Å². The number of furan rings is 1. The standard InChI is InChI=1S/C15H16O5/c1-9(2)19-15(18)10-3-5-13-11(7-10)8-12(20-13)4-6-14(16)17/h3,5,7-9H,4,6H2,1-2H3,(H,16,17). The number of carbonyl (C=O) groups is 2. The molecule has 5 heteroatoms. The number of carboxylic acids is 1. The molecule has 0 fully saturated rings. The van der Waals surface area contributed by atoms with Crippen molar-refractivity contribution in [1.82, 2.24) is 0 Å². The molecule has 2 aromatic rings. The van der Waals surface area contributed by atoms with E-state index < -0.39 is 5.97 Å². The lowest BCUT2D eigenvalue weighted by molar-refractivity contribution is -0.137. The van der Waals surface area contributed by atoms with E-state index in [4.69, 9.17) is 14.3 Å². The van der Waals surface area contributed by atoms with Gasteiger partial charge >= 0.3 is 11.9 Å². The Balaban J connectivity index is 2.21. The van der Waals surface area contributed by atoms with E-state index in [1.807, 2.05) is 0 Å². The summed E-state index contributed by atoms with van der Waals surface area (Å²) in [6, 6.07) is 6.77. The smallest absolute Gasteiger partial charge is 0.338 e. The van der Waals surface area contributed by atoms with Gasteiger partial charge in [0.2, 0.25) is 0 Å². The Labute approximate surface area is 116 Å². The fourth-order valence-electron chi connectivity index (χ4n) is 1.86. The molecule has 0 saturated carbocycles. The van der Waals surface area contributed by atoms with E-state index in [0.717, 1.165) is 5.39 Å². The molecule has 5 nitrogen and oxygen atoms in total. The molecule has 20 heavy (non-hydrogen) atoms. The zero-order valence-electron chi connectivity index (χ0n) is 11.4. The highest BCUT2D eigenvalue weighted by molar-refractivity contribution is 5.94. The second-order valence-electron chi connectivity index (χ2n) is 4.81. The van der Waals surface area contributed by atoms with Crippen LogP contribution < -0.4 is 0 Å². The Bertz CT molecular complexity index is 639. The van der Waals surface area contributed by atoms with Crippen molar-refractivity contribution < 1.29 is 23.8 Å². The fourth-order valence-corrected chi connectivity index (χ4v) is 1.86. The number of hydrogen-bond acceptors (Lipinski definition) is 4. The summed E-state index contributed by atoms with van der Waals surface area (Å²) in [7, 11) is 0. The first-order valence-corrected chi connectivity index (χ1v) is 6.41. The van der Waals surface area contributed by atoms with Gasteiger partial charge < -0.3 is 14.3 Å². The molecule has 0 bridgehead atoms. The summed E-state index contributed by atoms with van der Waals surface area (Å²) in [5.41, 5.74) is 1.09. The van der Waals surface area contributed by atoms with E-state index in [1.54, 1.807) is 38.1 Å². The predicted octanol–water partition coefficient (Wildman–Crippen LogP) is 3.02. The van der Waals surface area contributed by atoms with E-state index in [-0.39, 0.29) is 18.5 Å². The number of esters is 1. The minimum absolute atomic E-state index is 0.0159. The zero-order chi connectivity index (χ0) is 14.7. The van der Waals surface area contributed by atoms with Crippen LogP contribution in [0.25, 0.3) is 11.0 Å². The number of rotatable bonds is 5. The van der Waals surface area contributed by atoms with Gasteiger partial charge in [0.15, 0.2) is 0 Å². The van der Waals surface area contributed by atoms with Crippen LogP contribution in [0.5, 0.6) is 0 Å². The van der Waals surface area contributed by atoms with Gasteiger partial charge in [-0.25, -0.2) is 4.79 Å². The fraction of sp³-hybridized carbons (Fsp3) is 0.333. The van der Waals surface area contributed by atoms with Crippen molar-refractivity contribution in [2.24, 2.45) is 0 Å². The van der Waals surface area contributed by atoms with Crippen molar-refractivity contribution in [1.29, 1.82) is 0 Å². The van der Waals surface area contributed by atoms with Crippen LogP contribution >= 0.6 is 0 Å². The van der Waals surface area contributed by atoms with Crippen LogP contribution in [0.1, 0.15) is 36.4 Å². The van der Waals surface area contributed by atoms with Crippen LogP contribution in [-0.4, -0.2) is 23.1 Å². The van der Waals surface area contributed by atoms with Crippen LogP contribution in [0.2, 0.25) is 0 Å². The molecule has 1 heterocycles. The van der Waals surface area contributed by atoms with Gasteiger partial charge in [-0.05, 0) is 38.1 Å². The molecule has 1 aromatic carbocycles. The summed E-state index contributed by atoms with van der Waals surface area (Å²) in [6.07, 6.45) is 0.173.